The number of benzene rings is 2. The van der Waals surface area contributed by atoms with Crippen molar-refractivity contribution in [3.63, 3.8) is 0 Å². The number of rotatable bonds is 4. The molecule has 0 saturated heterocycles. The van der Waals surface area contributed by atoms with Gasteiger partial charge < -0.3 is 5.32 Å². The number of nitrogens with zero attached hydrogens (tertiary/aromatic N) is 1. The number of hydrogen-bond donors (Lipinski definition) is 1. The predicted octanol–water partition coefficient (Wildman–Crippen LogP) is 2.32. The molecule has 1 aliphatic heterocycles. The molecule has 0 radical (unpaired) electrons. The number of sulfonamides is 1. The van der Waals surface area contributed by atoms with E-state index in [1.54, 1.807) is 6.07 Å². The van der Waals surface area contributed by atoms with Crippen LogP contribution in [0.15, 0.2) is 48.5 Å². The summed E-state index contributed by atoms with van der Waals surface area (Å²) in [6, 6.07) is 15.1. The maximum absolute atomic E-state index is 12.7. The summed E-state index contributed by atoms with van der Waals surface area (Å²) in [6.45, 7) is 2.06. The quantitative estimate of drug-likeness (QED) is 0.926. The minimum absolute atomic E-state index is 0.00842. The van der Waals surface area contributed by atoms with Crippen LogP contribution in [0.25, 0.3) is 0 Å². The lowest BCUT2D eigenvalue weighted by Crippen LogP contribution is -2.37. The highest BCUT2D eigenvalue weighted by Crippen LogP contribution is 2.22. The van der Waals surface area contributed by atoms with Crippen LogP contribution in [0.5, 0.6) is 0 Å². The average Bonchev–Trinajstić information content (AvgIpc) is 2.73. The fraction of sp³-hybridized carbons (Fsp3) is 0.278. The van der Waals surface area contributed by atoms with Crippen molar-refractivity contribution in [2.24, 2.45) is 0 Å². The third kappa shape index (κ3) is 3.83. The molecule has 2 aromatic carbocycles. The summed E-state index contributed by atoms with van der Waals surface area (Å²) >= 11 is 0. The van der Waals surface area contributed by atoms with Crippen molar-refractivity contribution in [1.29, 1.82) is 0 Å². The Kier molecular flexibility index (Phi) is 4.69. The molecular formula is C18H20N2O3S. The first-order valence-corrected chi connectivity index (χ1v) is 9.46. The van der Waals surface area contributed by atoms with Gasteiger partial charge in [0.05, 0.1) is 12.3 Å². The van der Waals surface area contributed by atoms with Gasteiger partial charge in [-0.3, -0.25) is 4.79 Å². The van der Waals surface area contributed by atoms with Gasteiger partial charge in [0.15, 0.2) is 0 Å². The molecule has 1 N–H and O–H groups in total. The van der Waals surface area contributed by atoms with Crippen LogP contribution in [0.1, 0.15) is 16.7 Å². The van der Waals surface area contributed by atoms with Crippen LogP contribution >= 0.6 is 0 Å². The van der Waals surface area contributed by atoms with E-state index in [4.69, 9.17) is 0 Å². The molecule has 126 valence electrons. The molecule has 1 heterocycles. The lowest BCUT2D eigenvalue weighted by molar-refractivity contribution is -0.116. The highest BCUT2D eigenvalue weighted by molar-refractivity contribution is 7.89. The molecule has 1 amide bonds. The van der Waals surface area contributed by atoms with Gasteiger partial charge in [-0.25, -0.2) is 8.42 Å². The highest BCUT2D eigenvalue weighted by atomic mass is 32.2. The molecule has 1 aliphatic rings. The van der Waals surface area contributed by atoms with E-state index in [2.05, 4.69) is 5.32 Å². The Balaban J connectivity index is 1.76. The number of carbonyl (C=O) groups excluding carboxylic acids is 1. The molecule has 24 heavy (non-hydrogen) atoms. The summed E-state index contributed by atoms with van der Waals surface area (Å²) in [5.74, 6) is -0.315. The molecule has 0 bridgehead atoms. The van der Waals surface area contributed by atoms with Crippen LogP contribution in [-0.2, 0) is 27.8 Å². The fourth-order valence-electron chi connectivity index (χ4n) is 2.70. The minimum Gasteiger partial charge on any atom is -0.325 e. The molecule has 0 atom stereocenters. The first-order valence-electron chi connectivity index (χ1n) is 7.85. The average molecular weight is 344 g/mol. The van der Waals surface area contributed by atoms with Crippen molar-refractivity contribution in [1.82, 2.24) is 4.31 Å². The summed E-state index contributed by atoms with van der Waals surface area (Å²) in [5.41, 5.74) is 3.60. The second-order valence-corrected chi connectivity index (χ2v) is 8.11. The zero-order chi connectivity index (χ0) is 17.2. The van der Waals surface area contributed by atoms with Crippen LogP contribution in [0, 0.1) is 6.92 Å². The number of fused-ring (bicyclic) bond motifs is 1. The minimum atomic E-state index is -3.52. The van der Waals surface area contributed by atoms with Gasteiger partial charge in [-0.1, -0.05) is 48.0 Å². The normalized spacial score (nSPS) is 15.5. The monoisotopic (exact) mass is 344 g/mol. The third-order valence-electron chi connectivity index (χ3n) is 4.12. The maximum atomic E-state index is 12.7. The van der Waals surface area contributed by atoms with Crippen LogP contribution in [0.2, 0.25) is 0 Å². The summed E-state index contributed by atoms with van der Waals surface area (Å²) in [7, 11) is -3.52. The van der Waals surface area contributed by atoms with E-state index in [0.717, 1.165) is 16.7 Å². The molecule has 0 aliphatic carbocycles. The Labute approximate surface area is 142 Å². The second kappa shape index (κ2) is 6.75. The Bertz CT molecular complexity index is 845. The van der Waals surface area contributed by atoms with Gasteiger partial charge in [-0.2, -0.15) is 4.31 Å². The molecular weight excluding hydrogens is 324 g/mol. The van der Waals surface area contributed by atoms with Crippen molar-refractivity contribution < 1.29 is 13.2 Å². The smallest absolute Gasteiger partial charge is 0.239 e. The molecule has 3 rings (SSSR count). The van der Waals surface area contributed by atoms with Crippen molar-refractivity contribution in [2.75, 3.05) is 17.6 Å². The molecule has 2 aromatic rings. The number of nitrogens with one attached hydrogen (secondary N) is 1. The van der Waals surface area contributed by atoms with Gasteiger partial charge in [-0.15, -0.1) is 0 Å². The van der Waals surface area contributed by atoms with Crippen molar-refractivity contribution in [3.05, 3.63) is 65.2 Å². The van der Waals surface area contributed by atoms with E-state index in [1.807, 2.05) is 49.4 Å². The molecule has 0 unspecified atom stereocenters. The summed E-state index contributed by atoms with van der Waals surface area (Å²) in [5, 5.41) is 2.76. The fourth-order valence-corrected chi connectivity index (χ4v) is 4.10. The summed E-state index contributed by atoms with van der Waals surface area (Å²) in [4.78, 5) is 12.0. The topological polar surface area (TPSA) is 66.5 Å². The van der Waals surface area contributed by atoms with Crippen LogP contribution in [-0.4, -0.2) is 30.9 Å². The van der Waals surface area contributed by atoms with E-state index >= 15 is 0 Å². The maximum Gasteiger partial charge on any atom is 0.239 e. The molecule has 0 saturated carbocycles. The van der Waals surface area contributed by atoms with E-state index in [0.29, 0.717) is 12.1 Å². The zero-order valence-electron chi connectivity index (χ0n) is 13.5. The van der Waals surface area contributed by atoms with Gasteiger partial charge in [0.1, 0.15) is 0 Å². The second-order valence-electron chi connectivity index (χ2n) is 6.02. The molecule has 0 aromatic heterocycles. The Morgan fingerprint density at radius 1 is 1.04 bits per heavy atom. The van der Waals surface area contributed by atoms with E-state index < -0.39 is 10.0 Å². The number of amides is 1. The van der Waals surface area contributed by atoms with E-state index in [9.17, 15) is 13.2 Å². The molecule has 6 heteroatoms. The Hall–Kier alpha value is -2.18. The Morgan fingerprint density at radius 2 is 1.75 bits per heavy atom. The van der Waals surface area contributed by atoms with Gasteiger partial charge in [0.2, 0.25) is 15.9 Å². The number of hydrogen-bond acceptors (Lipinski definition) is 3. The van der Waals surface area contributed by atoms with Gasteiger partial charge in [0.25, 0.3) is 0 Å². The van der Waals surface area contributed by atoms with Crippen LogP contribution < -0.4 is 5.32 Å². The largest absolute Gasteiger partial charge is 0.325 e. The predicted molar refractivity (Wildman–Crippen MR) is 94.2 cm³/mol. The van der Waals surface area contributed by atoms with Gasteiger partial charge in [-0.05, 0) is 30.5 Å². The van der Waals surface area contributed by atoms with Crippen LogP contribution in [0.4, 0.5) is 5.69 Å². The third-order valence-corrected chi connectivity index (χ3v) is 5.89. The number of carbonyl (C=O) groups is 1. The molecule has 0 fully saturated rings. The number of aryl methyl sites for hydroxylation is 2. The summed E-state index contributed by atoms with van der Waals surface area (Å²) in [6.07, 6.45) is 0.433. The lowest BCUT2D eigenvalue weighted by Gasteiger charge is -2.19. The van der Waals surface area contributed by atoms with Crippen molar-refractivity contribution in [2.45, 2.75) is 19.9 Å². The first-order chi connectivity index (χ1) is 11.4. The molecule has 0 spiro atoms. The van der Waals surface area contributed by atoms with E-state index in [-0.39, 0.29) is 24.7 Å². The number of anilines is 1. The van der Waals surface area contributed by atoms with E-state index in [1.165, 1.54) is 4.31 Å². The van der Waals surface area contributed by atoms with Crippen LogP contribution in [0.3, 0.4) is 0 Å². The van der Waals surface area contributed by atoms with Crippen molar-refractivity contribution in [3.8, 4) is 0 Å². The highest BCUT2D eigenvalue weighted by Gasteiger charge is 2.28. The van der Waals surface area contributed by atoms with Gasteiger partial charge >= 0.3 is 0 Å². The summed E-state index contributed by atoms with van der Waals surface area (Å²) < 4.78 is 26.6. The Morgan fingerprint density at radius 3 is 2.50 bits per heavy atom. The molecule has 5 nitrogen and oxygen atoms in total. The number of para-hydroxylation sites is 1. The first kappa shape index (κ1) is 16.7. The zero-order valence-corrected chi connectivity index (χ0v) is 14.3. The SMILES string of the molecule is Cc1ccc(CCS(=O)(=O)N2CC(=O)Nc3ccccc3C2)cc1. The lowest BCUT2D eigenvalue weighted by atomic mass is 10.1. The standard InChI is InChI=1S/C18H20N2O3S/c1-14-6-8-15(9-7-14)10-11-24(22,23)20-12-16-4-2-3-5-17(16)19-18(21)13-20/h2-9H,10-13H2,1H3,(H,19,21). The van der Waals surface area contributed by atoms with Crippen molar-refractivity contribution >= 4 is 21.6 Å². The van der Waals surface area contributed by atoms with Gasteiger partial charge in [0, 0.05) is 12.2 Å².